The molecule has 0 aliphatic rings. The average Bonchev–Trinajstić information content (AvgIpc) is 2.30. The number of allylic oxidation sites excluding steroid dienone is 4. The monoisotopic (exact) mass is 244 g/mol. The van der Waals surface area contributed by atoms with E-state index in [2.05, 4.69) is 51.3 Å². The Hall–Kier alpha value is -1.21. The summed E-state index contributed by atoms with van der Waals surface area (Å²) >= 11 is 4.22. The molecule has 0 radical (unpaired) electrons. The predicted molar refractivity (Wildman–Crippen MR) is 80.6 cm³/mol. The van der Waals surface area contributed by atoms with Gasteiger partial charge >= 0.3 is 0 Å². The third-order valence-electron chi connectivity index (χ3n) is 2.88. The largest absolute Gasteiger partial charge is 0.151 e. The molecule has 0 aliphatic heterocycles. The molecule has 0 saturated heterocycles. The molecule has 0 heterocycles. The highest BCUT2D eigenvalue weighted by Crippen LogP contribution is 2.18. The Morgan fingerprint density at radius 3 is 2.53 bits per heavy atom. The van der Waals surface area contributed by atoms with E-state index >= 15 is 0 Å². The van der Waals surface area contributed by atoms with Gasteiger partial charge in [0.15, 0.2) is 0 Å². The summed E-state index contributed by atoms with van der Waals surface area (Å²) in [6.07, 6.45) is 4.92. The molecule has 0 nitrogen and oxygen atoms in total. The van der Waals surface area contributed by atoms with E-state index in [0.717, 1.165) is 17.6 Å². The summed E-state index contributed by atoms with van der Waals surface area (Å²) in [7, 11) is 0. The van der Waals surface area contributed by atoms with Crippen molar-refractivity contribution in [2.75, 3.05) is 0 Å². The second-order valence-corrected chi connectivity index (χ2v) is 4.54. The quantitative estimate of drug-likeness (QED) is 0.571. The summed E-state index contributed by atoms with van der Waals surface area (Å²) in [4.78, 5) is 0. The maximum atomic E-state index is 4.22. The summed E-state index contributed by atoms with van der Waals surface area (Å²) in [5.41, 5.74) is 6.15. The molecular formula is C16H20S. The molecule has 1 aromatic rings. The van der Waals surface area contributed by atoms with Crippen molar-refractivity contribution < 1.29 is 0 Å². The third kappa shape index (κ3) is 3.94. The van der Waals surface area contributed by atoms with Crippen LogP contribution in [0.4, 0.5) is 0 Å². The standard InChI is InChI=1S/C16H20S/c1-5-6-16(11-17)14(4)10-15-8-7-12(2)13(3)9-15/h5-9,11,17H,4,10H2,1-3H3/b6-5-,16-11+. The fourth-order valence-corrected chi connectivity index (χ4v) is 1.96. The zero-order valence-corrected chi connectivity index (χ0v) is 11.7. The zero-order valence-electron chi connectivity index (χ0n) is 10.8. The van der Waals surface area contributed by atoms with Crippen molar-refractivity contribution >= 4 is 12.6 Å². The molecule has 0 atom stereocenters. The van der Waals surface area contributed by atoms with Gasteiger partial charge in [-0.3, -0.25) is 0 Å². The van der Waals surface area contributed by atoms with Crippen LogP contribution in [0.2, 0.25) is 0 Å². The Labute approximate surface area is 110 Å². The molecule has 0 bridgehead atoms. The summed E-state index contributed by atoms with van der Waals surface area (Å²) in [5, 5.41) is 1.81. The maximum absolute atomic E-state index is 4.22. The lowest BCUT2D eigenvalue weighted by Crippen LogP contribution is -1.93. The summed E-state index contributed by atoms with van der Waals surface area (Å²) in [6.45, 7) is 10.4. The summed E-state index contributed by atoms with van der Waals surface area (Å²) < 4.78 is 0. The molecule has 90 valence electrons. The molecule has 1 aromatic carbocycles. The molecule has 1 rings (SSSR count). The van der Waals surface area contributed by atoms with Crippen molar-refractivity contribution in [3.63, 3.8) is 0 Å². The predicted octanol–water partition coefficient (Wildman–Crippen LogP) is 4.79. The van der Waals surface area contributed by atoms with E-state index in [1.54, 1.807) is 0 Å². The second kappa shape index (κ2) is 6.51. The van der Waals surface area contributed by atoms with Crippen LogP contribution in [-0.2, 0) is 6.42 Å². The van der Waals surface area contributed by atoms with Crippen LogP contribution in [0.25, 0.3) is 0 Å². The Kier molecular flexibility index (Phi) is 5.30. The van der Waals surface area contributed by atoms with Crippen molar-refractivity contribution in [3.8, 4) is 0 Å². The van der Waals surface area contributed by atoms with Crippen LogP contribution in [0.1, 0.15) is 23.6 Å². The smallest absolute Gasteiger partial charge is 0.00254 e. The first-order valence-electron chi connectivity index (χ1n) is 5.79. The Balaban J connectivity index is 2.84. The first-order chi connectivity index (χ1) is 8.08. The van der Waals surface area contributed by atoms with Gasteiger partial charge in [0.2, 0.25) is 0 Å². The number of rotatable bonds is 4. The molecule has 0 aromatic heterocycles. The lowest BCUT2D eigenvalue weighted by Gasteiger charge is -2.08. The summed E-state index contributed by atoms with van der Waals surface area (Å²) in [6, 6.07) is 6.56. The van der Waals surface area contributed by atoms with Crippen LogP contribution in [-0.4, -0.2) is 0 Å². The van der Waals surface area contributed by atoms with Gasteiger partial charge in [0.1, 0.15) is 0 Å². The van der Waals surface area contributed by atoms with Crippen LogP contribution in [0, 0.1) is 13.8 Å². The molecule has 0 fully saturated rings. The first-order valence-corrected chi connectivity index (χ1v) is 6.31. The van der Waals surface area contributed by atoms with E-state index in [1.165, 1.54) is 16.7 Å². The zero-order chi connectivity index (χ0) is 12.8. The second-order valence-electron chi connectivity index (χ2n) is 4.28. The van der Waals surface area contributed by atoms with E-state index in [0.29, 0.717) is 0 Å². The van der Waals surface area contributed by atoms with E-state index in [9.17, 15) is 0 Å². The minimum Gasteiger partial charge on any atom is -0.151 e. The van der Waals surface area contributed by atoms with Crippen LogP contribution in [0.3, 0.4) is 0 Å². The van der Waals surface area contributed by atoms with Gasteiger partial charge in [-0.1, -0.05) is 36.9 Å². The lowest BCUT2D eigenvalue weighted by molar-refractivity contribution is 1.16. The topological polar surface area (TPSA) is 0 Å². The van der Waals surface area contributed by atoms with Crippen molar-refractivity contribution in [1.29, 1.82) is 0 Å². The molecule has 17 heavy (non-hydrogen) atoms. The number of thiol groups is 1. The van der Waals surface area contributed by atoms with E-state index < -0.39 is 0 Å². The highest BCUT2D eigenvalue weighted by Gasteiger charge is 2.02. The van der Waals surface area contributed by atoms with Crippen LogP contribution >= 0.6 is 12.6 Å². The SMILES string of the molecule is C=C(Cc1ccc(C)c(C)c1)C(/C=C\C)=C/S. The normalized spacial score (nSPS) is 12.1. The molecule has 0 saturated carbocycles. The van der Waals surface area contributed by atoms with Gasteiger partial charge in [0.05, 0.1) is 0 Å². The van der Waals surface area contributed by atoms with Gasteiger partial charge < -0.3 is 0 Å². The summed E-state index contributed by atoms with van der Waals surface area (Å²) in [5.74, 6) is 0. The van der Waals surface area contributed by atoms with Gasteiger partial charge in [0, 0.05) is 0 Å². The number of benzene rings is 1. The van der Waals surface area contributed by atoms with Gasteiger partial charge in [-0.15, -0.1) is 0 Å². The van der Waals surface area contributed by atoms with Crippen LogP contribution in [0.15, 0.2) is 53.5 Å². The number of hydrogen-bond acceptors (Lipinski definition) is 1. The molecule has 0 amide bonds. The van der Waals surface area contributed by atoms with Crippen molar-refractivity contribution in [3.05, 3.63) is 70.2 Å². The van der Waals surface area contributed by atoms with Gasteiger partial charge in [-0.05, 0) is 60.4 Å². The van der Waals surface area contributed by atoms with Crippen molar-refractivity contribution in [2.45, 2.75) is 27.2 Å². The first kappa shape index (κ1) is 13.9. The average molecular weight is 244 g/mol. The molecule has 0 spiro atoms. The molecule has 0 unspecified atom stereocenters. The molecule has 0 N–H and O–H groups in total. The Morgan fingerprint density at radius 1 is 1.29 bits per heavy atom. The minimum atomic E-state index is 0.873. The molecule has 0 aliphatic carbocycles. The Bertz CT molecular complexity index is 464. The van der Waals surface area contributed by atoms with Crippen LogP contribution in [0.5, 0.6) is 0 Å². The molecule has 1 heteroatoms. The van der Waals surface area contributed by atoms with Crippen LogP contribution < -0.4 is 0 Å². The fraction of sp³-hybridized carbons (Fsp3) is 0.250. The van der Waals surface area contributed by atoms with E-state index in [-0.39, 0.29) is 0 Å². The van der Waals surface area contributed by atoms with E-state index in [1.807, 2.05) is 24.5 Å². The van der Waals surface area contributed by atoms with Gasteiger partial charge in [0.25, 0.3) is 0 Å². The third-order valence-corrected chi connectivity index (χ3v) is 3.16. The fourth-order valence-electron chi connectivity index (χ4n) is 1.69. The van der Waals surface area contributed by atoms with Crippen molar-refractivity contribution in [2.24, 2.45) is 0 Å². The Morgan fingerprint density at radius 2 is 2.00 bits per heavy atom. The van der Waals surface area contributed by atoms with Gasteiger partial charge in [-0.2, -0.15) is 12.6 Å². The number of hydrogen-bond donors (Lipinski definition) is 1. The highest BCUT2D eigenvalue weighted by atomic mass is 32.1. The maximum Gasteiger partial charge on any atom is -0.00254 e. The van der Waals surface area contributed by atoms with Crippen molar-refractivity contribution in [1.82, 2.24) is 0 Å². The van der Waals surface area contributed by atoms with Gasteiger partial charge in [-0.25, -0.2) is 0 Å². The molecular weight excluding hydrogens is 224 g/mol. The lowest BCUT2D eigenvalue weighted by atomic mass is 9.97. The van der Waals surface area contributed by atoms with E-state index in [4.69, 9.17) is 0 Å². The minimum absolute atomic E-state index is 0.873. The number of aryl methyl sites for hydroxylation is 2. The highest BCUT2D eigenvalue weighted by molar-refractivity contribution is 7.83.